The predicted octanol–water partition coefficient (Wildman–Crippen LogP) is 7.96. The number of allylic oxidation sites excluding steroid dienone is 2. The van der Waals surface area contributed by atoms with Crippen LogP contribution in [0.3, 0.4) is 0 Å². The summed E-state index contributed by atoms with van der Waals surface area (Å²) in [7, 11) is 0. The first-order valence-corrected chi connectivity index (χ1v) is 25.5. The molecule has 1 amide bonds. The zero-order valence-corrected chi connectivity index (χ0v) is 42.9. The molecule has 0 aliphatic carbocycles. The predicted molar refractivity (Wildman–Crippen MR) is 280 cm³/mol. The molecule has 5 aromatic rings. The van der Waals surface area contributed by atoms with Crippen LogP contribution in [-0.4, -0.2) is 64.8 Å². The van der Waals surface area contributed by atoms with Crippen molar-refractivity contribution in [3.8, 4) is 0 Å². The van der Waals surface area contributed by atoms with Crippen LogP contribution in [-0.2, 0) is 58.4 Å². The van der Waals surface area contributed by atoms with Gasteiger partial charge in [-0.1, -0.05) is 112 Å². The van der Waals surface area contributed by atoms with Crippen LogP contribution in [0.5, 0.6) is 0 Å². The molecule has 0 bridgehead atoms. The number of aliphatic hydroxyl groups excluding tert-OH is 2. The topological polar surface area (TPSA) is 166 Å². The molecule has 0 saturated carbocycles. The number of aromatic nitrogens is 4. The van der Waals surface area contributed by atoms with E-state index in [1.165, 1.54) is 16.6 Å². The summed E-state index contributed by atoms with van der Waals surface area (Å²) in [6, 6.07) is 17.9. The highest BCUT2D eigenvalue weighted by Gasteiger charge is 2.40. The molecule has 370 valence electrons. The maximum absolute atomic E-state index is 12.5. The van der Waals surface area contributed by atoms with Gasteiger partial charge in [0.15, 0.2) is 0 Å². The van der Waals surface area contributed by atoms with Gasteiger partial charge in [-0.2, -0.15) is 0 Å². The Bertz CT molecular complexity index is 2990. The fourth-order valence-electron chi connectivity index (χ4n) is 9.99. The molecule has 4 aliphatic heterocycles. The Kier molecular flexibility index (Phi) is 17.0. The van der Waals surface area contributed by atoms with Crippen molar-refractivity contribution in [2.75, 3.05) is 23.4 Å². The summed E-state index contributed by atoms with van der Waals surface area (Å²) in [6.45, 7) is 22.8. The van der Waals surface area contributed by atoms with Gasteiger partial charge in [-0.15, -0.1) is 13.2 Å². The Morgan fingerprint density at radius 2 is 1.10 bits per heavy atom. The Hall–Kier alpha value is -5.44. The number of amides is 1. The van der Waals surface area contributed by atoms with E-state index in [0.717, 1.165) is 88.3 Å². The monoisotopic (exact) mass is 1010 g/mol. The zero-order chi connectivity index (χ0) is 50.4. The number of nitrogens with zero attached hydrogens (tertiary/aromatic N) is 5. The van der Waals surface area contributed by atoms with Crippen LogP contribution in [0.4, 0.5) is 5.69 Å². The van der Waals surface area contributed by atoms with Crippen molar-refractivity contribution in [1.82, 2.24) is 18.3 Å². The Morgan fingerprint density at radius 3 is 1.59 bits per heavy atom. The van der Waals surface area contributed by atoms with E-state index in [-0.39, 0.29) is 41.0 Å². The van der Waals surface area contributed by atoms with Crippen molar-refractivity contribution in [3.63, 3.8) is 0 Å². The van der Waals surface area contributed by atoms with Gasteiger partial charge in [0.25, 0.3) is 5.91 Å². The first-order valence-electron chi connectivity index (χ1n) is 24.3. The van der Waals surface area contributed by atoms with E-state index in [9.17, 15) is 33.9 Å². The summed E-state index contributed by atoms with van der Waals surface area (Å²) in [5, 5.41) is 19.5. The molecule has 9 rings (SSSR count). The number of anilines is 1. The van der Waals surface area contributed by atoms with Gasteiger partial charge in [-0.25, -0.2) is 0 Å². The average Bonchev–Trinajstić information content (AvgIpc) is 3.32. The number of carbonyl (C=O) groups excluding carboxylic acids is 2. The lowest BCUT2D eigenvalue weighted by molar-refractivity contribution is -0.136. The minimum atomic E-state index is -0.791. The van der Waals surface area contributed by atoms with E-state index in [1.54, 1.807) is 18.6 Å². The standard InChI is InChI=1S/C18H24N2O4.C18H22N2O2.C14H15NO2.C5H9Br/c1-18(2)8-10-20-15-13(18)6-3-7-14(15)19(16(23)17(20)24)9-4-5-12(22)11-21;1-4-5-6-11-19-14-9-7-8-13-15(14)20(17(22)16(19)21)12-10-18(13,2)3;1-14(2)6-7-15-12-9(4-3-5-10(12)14)8-11(16)13(15)17;1-2-3-4-5-6/h3,6-7,12,21-22H,4-5,8-11H2,1-2H3;4,7-9H,1,5-6,10-12H2,2-3H3;3-5H,6-8H2,1-2H3;2H,1,3-5H2. The molecule has 14 heteroatoms. The SMILES string of the molecule is C=CCCCBr.C=CCCCn1c(=O)c(=O)n2c3c(cccc31)C(C)(C)CC2.CC1(C)CCN2C(=O)C(=O)Cc3cccc1c32.CC1(C)CCn2c(=O)c(=O)n(CCCC(O)CO)c3cccc1c32. The number of ketones is 1. The van der Waals surface area contributed by atoms with Crippen LogP contribution in [0, 0.1) is 0 Å². The van der Waals surface area contributed by atoms with Crippen molar-refractivity contribution in [2.45, 2.75) is 154 Å². The number of para-hydroxylation sites is 3. The van der Waals surface area contributed by atoms with Crippen molar-refractivity contribution < 1.29 is 19.8 Å². The number of alkyl halides is 1. The minimum Gasteiger partial charge on any atom is -0.394 e. The van der Waals surface area contributed by atoms with Crippen molar-refractivity contribution in [1.29, 1.82) is 0 Å². The molecule has 0 saturated heterocycles. The lowest BCUT2D eigenvalue weighted by Gasteiger charge is -2.41. The third-order valence-corrected chi connectivity index (χ3v) is 14.8. The van der Waals surface area contributed by atoms with E-state index in [4.69, 9.17) is 5.11 Å². The molecule has 2 aromatic heterocycles. The van der Waals surface area contributed by atoms with Crippen LogP contribution in [0.2, 0.25) is 0 Å². The molecule has 6 heterocycles. The second kappa shape index (κ2) is 22.1. The summed E-state index contributed by atoms with van der Waals surface area (Å²) >= 11 is 3.30. The lowest BCUT2D eigenvalue weighted by atomic mass is 9.75. The smallest absolute Gasteiger partial charge is 0.316 e. The Labute approximate surface area is 412 Å². The summed E-state index contributed by atoms with van der Waals surface area (Å²) in [5.41, 5.74) is 7.13. The number of aryl methyl sites for hydroxylation is 4. The van der Waals surface area contributed by atoms with Gasteiger partial charge in [0, 0.05) is 44.5 Å². The molecule has 13 nitrogen and oxygen atoms in total. The number of unbranched alkanes of at least 4 members (excludes halogenated alkanes) is 2. The maximum atomic E-state index is 12.5. The molecular weight excluding hydrogens is 939 g/mol. The molecule has 69 heavy (non-hydrogen) atoms. The number of Topliss-reactive ketones (excluding diaryl/α,β-unsaturated/α-hetero) is 1. The molecular formula is C55H70BrN5O8. The van der Waals surface area contributed by atoms with Gasteiger partial charge in [-0.3, -0.25) is 28.8 Å². The number of hydrogen-bond donors (Lipinski definition) is 2. The van der Waals surface area contributed by atoms with Gasteiger partial charge in [0.05, 0.1) is 40.5 Å². The van der Waals surface area contributed by atoms with Crippen molar-refractivity contribution in [2.24, 2.45) is 0 Å². The third-order valence-electron chi connectivity index (χ3n) is 14.3. The fraction of sp³-hybridized carbons (Fsp3) is 0.491. The van der Waals surface area contributed by atoms with Crippen LogP contribution in [0.1, 0.15) is 122 Å². The van der Waals surface area contributed by atoms with E-state index < -0.39 is 28.3 Å². The average molecular weight is 1010 g/mol. The largest absolute Gasteiger partial charge is 0.394 e. The number of rotatable bonds is 12. The molecule has 0 spiro atoms. The molecule has 1 atom stereocenters. The van der Waals surface area contributed by atoms with Crippen LogP contribution >= 0.6 is 15.9 Å². The minimum absolute atomic E-state index is 0.0231. The summed E-state index contributed by atoms with van der Waals surface area (Å²) in [5.74, 6) is -0.616. The van der Waals surface area contributed by atoms with E-state index in [0.29, 0.717) is 45.6 Å². The molecule has 0 radical (unpaired) electrons. The molecule has 2 N–H and O–H groups in total. The van der Waals surface area contributed by atoms with Crippen LogP contribution in [0.25, 0.3) is 22.1 Å². The Morgan fingerprint density at radius 1 is 0.638 bits per heavy atom. The molecule has 0 fully saturated rings. The third kappa shape index (κ3) is 11.0. The molecule has 1 unspecified atom stereocenters. The quantitative estimate of drug-likeness (QED) is 0.0550. The number of halogens is 1. The fourth-order valence-corrected chi connectivity index (χ4v) is 10.3. The maximum Gasteiger partial charge on any atom is 0.316 e. The van der Waals surface area contributed by atoms with Gasteiger partial charge < -0.3 is 33.4 Å². The first-order chi connectivity index (χ1) is 32.8. The van der Waals surface area contributed by atoms with Crippen LogP contribution in [0.15, 0.2) is 99.1 Å². The first kappa shape index (κ1) is 52.9. The Balaban J connectivity index is 0.000000162. The van der Waals surface area contributed by atoms with E-state index >= 15 is 0 Å². The number of aliphatic hydroxyl groups is 2. The lowest BCUT2D eigenvalue weighted by Crippen LogP contribution is -2.47. The van der Waals surface area contributed by atoms with Gasteiger partial charge in [-0.05, 0) is 108 Å². The highest BCUT2D eigenvalue weighted by atomic mass is 79.9. The van der Waals surface area contributed by atoms with Crippen molar-refractivity contribution >= 4 is 55.4 Å². The highest BCUT2D eigenvalue weighted by Crippen LogP contribution is 2.43. The highest BCUT2D eigenvalue weighted by molar-refractivity contribution is 9.09. The summed E-state index contributed by atoms with van der Waals surface area (Å²) < 4.78 is 6.44. The normalized spacial score (nSPS) is 17.0. The summed E-state index contributed by atoms with van der Waals surface area (Å²) in [6.07, 6.45) is 10.7. The van der Waals surface area contributed by atoms with Crippen molar-refractivity contribution in [3.05, 3.63) is 144 Å². The van der Waals surface area contributed by atoms with Gasteiger partial charge in [0.2, 0.25) is 5.78 Å². The number of hydrogen-bond acceptors (Lipinski definition) is 8. The second-order valence-electron chi connectivity index (χ2n) is 20.5. The van der Waals surface area contributed by atoms with E-state index in [1.807, 2.05) is 54.6 Å². The van der Waals surface area contributed by atoms with E-state index in [2.05, 4.69) is 82.8 Å². The number of benzene rings is 3. The zero-order valence-electron chi connectivity index (χ0n) is 41.3. The van der Waals surface area contributed by atoms with Gasteiger partial charge >= 0.3 is 22.2 Å². The summed E-state index contributed by atoms with van der Waals surface area (Å²) in [4.78, 5) is 75.2. The number of carbonyl (C=O) groups is 2. The van der Waals surface area contributed by atoms with Gasteiger partial charge in [0.1, 0.15) is 0 Å². The molecule has 3 aromatic carbocycles. The van der Waals surface area contributed by atoms with Crippen LogP contribution < -0.4 is 27.1 Å². The molecule has 4 aliphatic rings. The second-order valence-corrected chi connectivity index (χ2v) is 21.3.